The molecule has 0 aliphatic carbocycles. The lowest BCUT2D eigenvalue weighted by atomic mass is 10.1. The monoisotopic (exact) mass is 278 g/mol. The molecule has 1 N–H and O–H groups in total. The molecular formula is C18H30O2. The second-order valence-electron chi connectivity index (χ2n) is 5.40. The Hall–Kier alpha value is -1.31. The summed E-state index contributed by atoms with van der Waals surface area (Å²) in [5.41, 5.74) is 1.37. The molecule has 0 aromatic rings. The average Bonchev–Trinajstić information content (AvgIpc) is 2.38. The van der Waals surface area contributed by atoms with Crippen molar-refractivity contribution < 1.29 is 9.90 Å². The minimum Gasteiger partial charge on any atom is -0.481 e. The van der Waals surface area contributed by atoms with Crippen molar-refractivity contribution in [1.29, 1.82) is 0 Å². The second kappa shape index (κ2) is 14.1. The zero-order chi connectivity index (χ0) is 15.1. The topological polar surface area (TPSA) is 37.3 Å². The van der Waals surface area contributed by atoms with Crippen molar-refractivity contribution in [2.75, 3.05) is 0 Å². The minimum atomic E-state index is -0.675. The predicted molar refractivity (Wildman–Crippen MR) is 86.9 cm³/mol. The second-order valence-corrected chi connectivity index (χ2v) is 5.40. The van der Waals surface area contributed by atoms with Gasteiger partial charge < -0.3 is 5.11 Å². The molecule has 0 fully saturated rings. The van der Waals surface area contributed by atoms with E-state index in [1.807, 2.05) is 0 Å². The highest BCUT2D eigenvalue weighted by atomic mass is 16.4. The SMILES string of the molecule is CC(C)=CCC=CCC=CCCCCCCCC(=O)O. The highest BCUT2D eigenvalue weighted by Gasteiger charge is 1.95. The van der Waals surface area contributed by atoms with Crippen LogP contribution < -0.4 is 0 Å². The average molecular weight is 278 g/mol. The van der Waals surface area contributed by atoms with Gasteiger partial charge in [-0.3, -0.25) is 4.79 Å². The quantitative estimate of drug-likeness (QED) is 0.369. The minimum absolute atomic E-state index is 0.318. The van der Waals surface area contributed by atoms with Crippen molar-refractivity contribution in [3.8, 4) is 0 Å². The van der Waals surface area contributed by atoms with Gasteiger partial charge in [0, 0.05) is 6.42 Å². The first-order valence-electron chi connectivity index (χ1n) is 7.78. The van der Waals surface area contributed by atoms with Crippen LogP contribution in [0.5, 0.6) is 0 Å². The molecule has 0 aliphatic rings. The molecule has 0 unspecified atom stereocenters. The Labute approximate surface area is 124 Å². The van der Waals surface area contributed by atoms with Crippen molar-refractivity contribution in [1.82, 2.24) is 0 Å². The maximum absolute atomic E-state index is 10.3. The highest BCUT2D eigenvalue weighted by molar-refractivity contribution is 5.66. The number of hydrogen-bond acceptors (Lipinski definition) is 1. The van der Waals surface area contributed by atoms with Gasteiger partial charge in [0.25, 0.3) is 0 Å². The van der Waals surface area contributed by atoms with Crippen LogP contribution in [0.1, 0.15) is 71.6 Å². The van der Waals surface area contributed by atoms with E-state index in [9.17, 15) is 4.79 Å². The van der Waals surface area contributed by atoms with E-state index >= 15 is 0 Å². The van der Waals surface area contributed by atoms with Crippen molar-refractivity contribution in [2.45, 2.75) is 71.6 Å². The number of hydrogen-bond donors (Lipinski definition) is 1. The Morgan fingerprint density at radius 1 is 0.850 bits per heavy atom. The van der Waals surface area contributed by atoms with Crippen LogP contribution in [0.15, 0.2) is 36.0 Å². The van der Waals surface area contributed by atoms with Gasteiger partial charge in [0.1, 0.15) is 0 Å². The van der Waals surface area contributed by atoms with Crippen LogP contribution in [0, 0.1) is 0 Å². The summed E-state index contributed by atoms with van der Waals surface area (Å²) >= 11 is 0. The predicted octanol–water partition coefficient (Wildman–Crippen LogP) is 5.66. The van der Waals surface area contributed by atoms with Crippen LogP contribution in [0.25, 0.3) is 0 Å². The van der Waals surface area contributed by atoms with Crippen LogP contribution in [-0.4, -0.2) is 11.1 Å². The molecule has 2 nitrogen and oxygen atoms in total. The van der Waals surface area contributed by atoms with Crippen molar-refractivity contribution in [2.24, 2.45) is 0 Å². The van der Waals surface area contributed by atoms with E-state index in [1.54, 1.807) is 0 Å². The van der Waals surface area contributed by atoms with Gasteiger partial charge in [0.05, 0.1) is 0 Å². The van der Waals surface area contributed by atoms with E-state index in [0.29, 0.717) is 6.42 Å². The summed E-state index contributed by atoms with van der Waals surface area (Å²) in [5.74, 6) is -0.675. The summed E-state index contributed by atoms with van der Waals surface area (Å²) in [7, 11) is 0. The van der Waals surface area contributed by atoms with Crippen molar-refractivity contribution >= 4 is 5.97 Å². The van der Waals surface area contributed by atoms with Gasteiger partial charge in [-0.05, 0) is 46.0 Å². The first kappa shape index (κ1) is 18.7. The molecule has 20 heavy (non-hydrogen) atoms. The molecule has 0 heterocycles. The van der Waals surface area contributed by atoms with Gasteiger partial charge in [-0.15, -0.1) is 0 Å². The van der Waals surface area contributed by atoms with Crippen LogP contribution >= 0.6 is 0 Å². The number of carbonyl (C=O) groups is 1. The number of carboxylic acid groups (broad SMARTS) is 1. The van der Waals surface area contributed by atoms with Gasteiger partial charge in [0.15, 0.2) is 0 Å². The molecule has 0 rings (SSSR count). The maximum atomic E-state index is 10.3. The lowest BCUT2D eigenvalue weighted by molar-refractivity contribution is -0.137. The Morgan fingerprint density at radius 2 is 1.45 bits per heavy atom. The number of carboxylic acids is 1. The van der Waals surface area contributed by atoms with E-state index in [4.69, 9.17) is 5.11 Å². The molecular weight excluding hydrogens is 248 g/mol. The van der Waals surface area contributed by atoms with Crippen LogP contribution in [-0.2, 0) is 4.79 Å². The third kappa shape index (κ3) is 16.7. The van der Waals surface area contributed by atoms with Gasteiger partial charge in [-0.25, -0.2) is 0 Å². The zero-order valence-corrected chi connectivity index (χ0v) is 13.1. The Balaban J connectivity index is 3.28. The van der Waals surface area contributed by atoms with E-state index in [2.05, 4.69) is 44.2 Å². The normalized spacial score (nSPS) is 11.3. The third-order valence-corrected chi connectivity index (χ3v) is 3.03. The van der Waals surface area contributed by atoms with Gasteiger partial charge in [-0.1, -0.05) is 55.2 Å². The fourth-order valence-corrected chi connectivity index (χ4v) is 1.86. The molecule has 0 aromatic carbocycles. The maximum Gasteiger partial charge on any atom is 0.303 e. The Morgan fingerprint density at radius 3 is 2.15 bits per heavy atom. The fraction of sp³-hybridized carbons (Fsp3) is 0.611. The zero-order valence-electron chi connectivity index (χ0n) is 13.1. The molecule has 0 aromatic heterocycles. The summed E-state index contributed by atoms with van der Waals surface area (Å²) in [6.07, 6.45) is 20.1. The smallest absolute Gasteiger partial charge is 0.303 e. The van der Waals surface area contributed by atoms with Crippen molar-refractivity contribution in [3.63, 3.8) is 0 Å². The summed E-state index contributed by atoms with van der Waals surface area (Å²) < 4.78 is 0. The number of aliphatic carboxylic acids is 1. The fourth-order valence-electron chi connectivity index (χ4n) is 1.86. The molecule has 0 bridgehead atoms. The first-order valence-corrected chi connectivity index (χ1v) is 7.78. The molecule has 0 saturated carbocycles. The molecule has 114 valence electrons. The van der Waals surface area contributed by atoms with Gasteiger partial charge >= 0.3 is 5.97 Å². The van der Waals surface area contributed by atoms with Crippen LogP contribution in [0.4, 0.5) is 0 Å². The summed E-state index contributed by atoms with van der Waals surface area (Å²) in [5, 5.41) is 8.50. The van der Waals surface area contributed by atoms with Crippen LogP contribution in [0.3, 0.4) is 0 Å². The first-order chi connectivity index (χ1) is 9.63. The number of unbranched alkanes of at least 4 members (excludes halogenated alkanes) is 5. The third-order valence-electron chi connectivity index (χ3n) is 3.03. The standard InChI is InChI=1S/C18H30O2/c1-17(2)15-13-11-9-7-5-3-4-6-8-10-12-14-16-18(19)20/h3,5,9,11,15H,4,6-8,10,12-14,16H2,1-2H3,(H,19,20). The summed E-state index contributed by atoms with van der Waals surface area (Å²) in [6.45, 7) is 4.24. The number of rotatable bonds is 12. The van der Waals surface area contributed by atoms with E-state index in [1.165, 1.54) is 18.4 Å². The van der Waals surface area contributed by atoms with Gasteiger partial charge in [0.2, 0.25) is 0 Å². The molecule has 0 amide bonds. The summed E-state index contributed by atoms with van der Waals surface area (Å²) in [4.78, 5) is 10.3. The molecule has 2 heteroatoms. The largest absolute Gasteiger partial charge is 0.481 e. The molecule has 0 aliphatic heterocycles. The van der Waals surface area contributed by atoms with Crippen LogP contribution in [0.2, 0.25) is 0 Å². The van der Waals surface area contributed by atoms with Crippen molar-refractivity contribution in [3.05, 3.63) is 36.0 Å². The lowest BCUT2D eigenvalue weighted by Crippen LogP contribution is -1.93. The van der Waals surface area contributed by atoms with E-state index in [-0.39, 0.29) is 0 Å². The Kier molecular flexibility index (Phi) is 13.2. The molecule has 0 saturated heterocycles. The molecule has 0 atom stereocenters. The molecule has 0 spiro atoms. The molecule has 0 radical (unpaired) electrons. The van der Waals surface area contributed by atoms with Gasteiger partial charge in [-0.2, -0.15) is 0 Å². The lowest BCUT2D eigenvalue weighted by Gasteiger charge is -1.98. The highest BCUT2D eigenvalue weighted by Crippen LogP contribution is 2.07. The van der Waals surface area contributed by atoms with E-state index < -0.39 is 5.97 Å². The number of allylic oxidation sites excluding steroid dienone is 6. The van der Waals surface area contributed by atoms with E-state index in [0.717, 1.165) is 38.5 Å². The Bertz CT molecular complexity index is 320. The summed E-state index contributed by atoms with van der Waals surface area (Å²) in [6, 6.07) is 0.